The van der Waals surface area contributed by atoms with E-state index in [4.69, 9.17) is 0 Å². The van der Waals surface area contributed by atoms with Crippen LogP contribution in [0.4, 0.5) is 0 Å². The van der Waals surface area contributed by atoms with E-state index in [1.165, 1.54) is 62.5 Å². The van der Waals surface area contributed by atoms with Gasteiger partial charge in [-0.3, -0.25) is 0 Å². The first-order chi connectivity index (χ1) is 12.7. The molecule has 150 valence electrons. The molecular weight excluding hydrogens is 324 g/mol. The molecule has 0 atom stereocenters. The minimum absolute atomic E-state index is 0. The fourth-order valence-corrected chi connectivity index (χ4v) is 5.08. The van der Waals surface area contributed by atoms with Gasteiger partial charge in [-0.05, 0) is 71.6 Å². The van der Waals surface area contributed by atoms with E-state index in [0.29, 0.717) is 0 Å². The summed E-state index contributed by atoms with van der Waals surface area (Å²) < 4.78 is 0. The van der Waals surface area contributed by atoms with Crippen LogP contribution in [0.5, 0.6) is 0 Å². The van der Waals surface area contributed by atoms with Crippen LogP contribution in [-0.2, 0) is 0 Å². The molecule has 2 saturated carbocycles. The molecule has 0 unspecified atom stereocenters. The van der Waals surface area contributed by atoms with Gasteiger partial charge < -0.3 is 0 Å². The van der Waals surface area contributed by atoms with Crippen LogP contribution in [0.25, 0.3) is 11.1 Å². The number of hydrogen-bond acceptors (Lipinski definition) is 0. The topological polar surface area (TPSA) is 0 Å². The highest BCUT2D eigenvalue weighted by molar-refractivity contribution is 5.64. The second-order valence-electron chi connectivity index (χ2n) is 9.16. The largest absolute Gasteiger partial charge is 0.0776 e. The predicted octanol–water partition coefficient (Wildman–Crippen LogP) is 9.07. The Morgan fingerprint density at radius 3 is 1.11 bits per heavy atom. The monoisotopic (exact) mass is 366 g/mol. The Hall–Kier alpha value is -1.56. The van der Waals surface area contributed by atoms with Gasteiger partial charge in [-0.15, -0.1) is 0 Å². The Morgan fingerprint density at radius 2 is 0.815 bits per heavy atom. The SMILES string of the molecule is C.CC1CCC(c2ccc(-c3ccc(C4CCC(C)CC4)cc3)cc2)CC1.[HH].[HH]. The molecule has 0 heterocycles. The molecule has 0 bridgehead atoms. The molecule has 0 N–H and O–H groups in total. The third-order valence-electron chi connectivity index (χ3n) is 7.13. The van der Waals surface area contributed by atoms with Crippen molar-refractivity contribution in [2.24, 2.45) is 11.8 Å². The van der Waals surface area contributed by atoms with Gasteiger partial charge in [-0.1, -0.05) is 95.5 Å². The number of hydrogen-bond donors (Lipinski definition) is 0. The van der Waals surface area contributed by atoms with Crippen molar-refractivity contribution >= 4 is 0 Å². The molecular formula is C27H42. The van der Waals surface area contributed by atoms with Crippen molar-refractivity contribution in [1.29, 1.82) is 0 Å². The highest BCUT2D eigenvalue weighted by atomic mass is 14.3. The highest BCUT2D eigenvalue weighted by Gasteiger charge is 2.20. The van der Waals surface area contributed by atoms with E-state index in [2.05, 4.69) is 62.4 Å². The van der Waals surface area contributed by atoms with Gasteiger partial charge in [-0.25, -0.2) is 0 Å². The summed E-state index contributed by atoms with van der Waals surface area (Å²) in [6.07, 6.45) is 11.1. The normalized spacial score (nSPS) is 28.4. The van der Waals surface area contributed by atoms with E-state index in [1.807, 2.05) is 0 Å². The minimum atomic E-state index is 0. The highest BCUT2D eigenvalue weighted by Crippen LogP contribution is 2.37. The van der Waals surface area contributed by atoms with Gasteiger partial charge in [0, 0.05) is 2.85 Å². The summed E-state index contributed by atoms with van der Waals surface area (Å²) in [5, 5.41) is 0. The second kappa shape index (κ2) is 9.09. The van der Waals surface area contributed by atoms with E-state index >= 15 is 0 Å². The van der Waals surface area contributed by atoms with Crippen molar-refractivity contribution in [2.75, 3.05) is 0 Å². The number of rotatable bonds is 3. The summed E-state index contributed by atoms with van der Waals surface area (Å²) in [5.74, 6) is 3.43. The first-order valence-corrected chi connectivity index (χ1v) is 10.9. The lowest BCUT2D eigenvalue weighted by atomic mass is 9.79. The van der Waals surface area contributed by atoms with Gasteiger partial charge in [0.25, 0.3) is 0 Å². The molecule has 0 nitrogen and oxygen atoms in total. The molecule has 2 aliphatic carbocycles. The maximum absolute atomic E-state index is 2.40. The molecule has 4 rings (SSSR count). The second-order valence-corrected chi connectivity index (χ2v) is 9.16. The summed E-state index contributed by atoms with van der Waals surface area (Å²) in [6, 6.07) is 18.9. The lowest BCUT2D eigenvalue weighted by Gasteiger charge is -2.27. The summed E-state index contributed by atoms with van der Waals surface area (Å²) >= 11 is 0. The predicted molar refractivity (Wildman–Crippen MR) is 124 cm³/mol. The van der Waals surface area contributed by atoms with Crippen LogP contribution in [0, 0.1) is 11.8 Å². The molecule has 2 aromatic rings. The Kier molecular flexibility index (Phi) is 6.79. The quantitative estimate of drug-likeness (QED) is 0.508. The zero-order chi connectivity index (χ0) is 17.9. The van der Waals surface area contributed by atoms with E-state index < -0.39 is 0 Å². The van der Waals surface area contributed by atoms with Crippen LogP contribution < -0.4 is 0 Å². The molecule has 2 fully saturated rings. The van der Waals surface area contributed by atoms with Gasteiger partial charge in [0.2, 0.25) is 0 Å². The summed E-state index contributed by atoms with van der Waals surface area (Å²) in [4.78, 5) is 0. The van der Waals surface area contributed by atoms with Crippen molar-refractivity contribution < 1.29 is 2.85 Å². The van der Waals surface area contributed by atoms with Crippen LogP contribution in [0.2, 0.25) is 0 Å². The molecule has 0 heteroatoms. The Morgan fingerprint density at radius 1 is 0.519 bits per heavy atom. The average Bonchev–Trinajstić information content (AvgIpc) is 2.70. The summed E-state index contributed by atoms with van der Waals surface area (Å²) in [6.45, 7) is 4.80. The molecule has 27 heavy (non-hydrogen) atoms. The standard InChI is InChI=1S/C26H34.CH4.2H2/c1-19-3-7-21(8-4-19)23-11-15-25(16-12-23)26-17-13-24(14-18-26)22-9-5-20(2)6-10-22;;;/h11-22H,3-10H2,1-2H3;1H4;2*1H. The molecule has 0 aromatic heterocycles. The smallest absolute Gasteiger partial charge is 0 e. The molecule has 0 radical (unpaired) electrons. The number of benzene rings is 2. The lowest BCUT2D eigenvalue weighted by molar-refractivity contribution is 0.348. The third-order valence-corrected chi connectivity index (χ3v) is 7.13. The summed E-state index contributed by atoms with van der Waals surface area (Å²) in [7, 11) is 0. The van der Waals surface area contributed by atoms with Crippen molar-refractivity contribution in [3.63, 3.8) is 0 Å². The van der Waals surface area contributed by atoms with E-state index in [-0.39, 0.29) is 10.3 Å². The maximum Gasteiger partial charge on any atom is 0 e. The lowest BCUT2D eigenvalue weighted by Crippen LogP contribution is -2.10. The van der Waals surface area contributed by atoms with Gasteiger partial charge in [-0.2, -0.15) is 0 Å². The zero-order valence-corrected chi connectivity index (χ0v) is 16.6. The molecule has 2 aliphatic rings. The Labute approximate surface area is 170 Å². The average molecular weight is 367 g/mol. The van der Waals surface area contributed by atoms with Gasteiger partial charge >= 0.3 is 0 Å². The molecule has 0 amide bonds. The van der Waals surface area contributed by atoms with Crippen molar-refractivity contribution in [2.45, 2.75) is 84.5 Å². The summed E-state index contributed by atoms with van der Waals surface area (Å²) in [5.41, 5.74) is 5.82. The Balaban J connectivity index is 0.00000140. The maximum atomic E-state index is 2.40. The van der Waals surface area contributed by atoms with E-state index in [9.17, 15) is 0 Å². The van der Waals surface area contributed by atoms with Crippen LogP contribution in [0.15, 0.2) is 48.5 Å². The first kappa shape index (κ1) is 20.2. The fraction of sp³-hybridized carbons (Fsp3) is 0.556. The van der Waals surface area contributed by atoms with Crippen LogP contribution in [0.3, 0.4) is 0 Å². The molecule has 0 spiro atoms. The molecule has 0 aliphatic heterocycles. The van der Waals surface area contributed by atoms with Crippen LogP contribution in [0.1, 0.15) is 98.5 Å². The van der Waals surface area contributed by atoms with Crippen LogP contribution >= 0.6 is 0 Å². The minimum Gasteiger partial charge on any atom is -0.0776 e. The van der Waals surface area contributed by atoms with E-state index in [1.54, 1.807) is 11.1 Å². The Bertz CT molecular complexity index is 625. The van der Waals surface area contributed by atoms with Crippen LogP contribution in [-0.4, -0.2) is 0 Å². The van der Waals surface area contributed by atoms with Crippen molar-refractivity contribution in [1.82, 2.24) is 0 Å². The van der Waals surface area contributed by atoms with Gasteiger partial charge in [0.1, 0.15) is 0 Å². The fourth-order valence-electron chi connectivity index (χ4n) is 5.08. The van der Waals surface area contributed by atoms with Gasteiger partial charge in [0.15, 0.2) is 0 Å². The van der Waals surface area contributed by atoms with Gasteiger partial charge in [0.05, 0.1) is 0 Å². The van der Waals surface area contributed by atoms with Crippen molar-refractivity contribution in [3.8, 4) is 11.1 Å². The zero-order valence-electron chi connectivity index (χ0n) is 16.6. The third kappa shape index (κ3) is 4.84. The molecule has 0 saturated heterocycles. The van der Waals surface area contributed by atoms with E-state index in [0.717, 1.165) is 23.7 Å². The van der Waals surface area contributed by atoms with Crippen molar-refractivity contribution in [3.05, 3.63) is 59.7 Å². The first-order valence-electron chi connectivity index (χ1n) is 10.9. The molecule has 2 aromatic carbocycles.